The van der Waals surface area contributed by atoms with Crippen LogP contribution in [0.15, 0.2) is 24.3 Å². The third kappa shape index (κ3) is 2.34. The quantitative estimate of drug-likeness (QED) is 0.809. The number of para-hydroxylation sites is 2. The van der Waals surface area contributed by atoms with Crippen LogP contribution >= 0.6 is 0 Å². The molecule has 2 heterocycles. The SMILES string of the molecule is CC1(C)[C@H]2CC[C@@]1(CS(=O)(=O)N1CCOCC1)c1nc3ccccc3nc12. The van der Waals surface area contributed by atoms with E-state index in [4.69, 9.17) is 14.7 Å². The molecule has 1 saturated carbocycles. The highest BCUT2D eigenvalue weighted by Gasteiger charge is 2.65. The lowest BCUT2D eigenvalue weighted by Crippen LogP contribution is -2.49. The number of ether oxygens (including phenoxy) is 1. The van der Waals surface area contributed by atoms with Crippen molar-refractivity contribution in [3.63, 3.8) is 0 Å². The molecule has 2 atom stereocenters. The summed E-state index contributed by atoms with van der Waals surface area (Å²) in [6.07, 6.45) is 1.83. The van der Waals surface area contributed by atoms with Crippen molar-refractivity contribution in [1.29, 1.82) is 0 Å². The molecule has 1 saturated heterocycles. The molecule has 1 aliphatic heterocycles. The van der Waals surface area contributed by atoms with Crippen LogP contribution < -0.4 is 0 Å². The minimum atomic E-state index is -3.39. The van der Waals surface area contributed by atoms with Gasteiger partial charge in [-0.25, -0.2) is 18.4 Å². The summed E-state index contributed by atoms with van der Waals surface area (Å²) in [7, 11) is -3.39. The van der Waals surface area contributed by atoms with Crippen LogP contribution in [-0.2, 0) is 20.2 Å². The average molecular weight is 388 g/mol. The van der Waals surface area contributed by atoms with E-state index in [9.17, 15) is 8.42 Å². The predicted molar refractivity (Wildman–Crippen MR) is 103 cm³/mol. The van der Waals surface area contributed by atoms with E-state index in [2.05, 4.69) is 13.8 Å². The lowest BCUT2D eigenvalue weighted by Gasteiger charge is -2.39. The summed E-state index contributed by atoms with van der Waals surface area (Å²) in [5, 5.41) is 0. The first kappa shape index (κ1) is 17.5. The molecule has 1 aromatic carbocycles. The number of hydrogen-bond donors (Lipinski definition) is 0. The number of sulfonamides is 1. The fraction of sp³-hybridized carbons (Fsp3) is 0.600. The van der Waals surface area contributed by atoms with E-state index in [1.807, 2.05) is 24.3 Å². The van der Waals surface area contributed by atoms with E-state index in [1.54, 1.807) is 4.31 Å². The number of nitrogens with zero attached hydrogens (tertiary/aromatic N) is 3. The normalized spacial score (nSPS) is 29.9. The Kier molecular flexibility index (Phi) is 3.71. The van der Waals surface area contributed by atoms with Crippen LogP contribution in [0.4, 0.5) is 0 Å². The van der Waals surface area contributed by atoms with Crippen LogP contribution in [0.3, 0.4) is 0 Å². The molecule has 5 rings (SSSR count). The second-order valence-corrected chi connectivity index (χ2v) is 10.6. The van der Waals surface area contributed by atoms with Crippen molar-refractivity contribution < 1.29 is 13.2 Å². The zero-order valence-electron chi connectivity index (χ0n) is 15.8. The first-order valence-corrected chi connectivity index (χ1v) is 11.3. The van der Waals surface area contributed by atoms with Gasteiger partial charge in [-0.2, -0.15) is 4.31 Å². The van der Waals surface area contributed by atoms with Gasteiger partial charge in [0.2, 0.25) is 10.0 Å². The van der Waals surface area contributed by atoms with Crippen molar-refractivity contribution >= 4 is 21.1 Å². The summed E-state index contributed by atoms with van der Waals surface area (Å²) in [6.45, 7) is 6.23. The van der Waals surface area contributed by atoms with Gasteiger partial charge < -0.3 is 4.74 Å². The zero-order valence-corrected chi connectivity index (χ0v) is 16.6. The number of aromatic nitrogens is 2. The van der Waals surface area contributed by atoms with Crippen molar-refractivity contribution in [3.05, 3.63) is 35.7 Å². The van der Waals surface area contributed by atoms with E-state index in [1.165, 1.54) is 0 Å². The van der Waals surface area contributed by atoms with Gasteiger partial charge in [0.25, 0.3) is 0 Å². The maximum atomic E-state index is 13.3. The fourth-order valence-electron chi connectivity index (χ4n) is 5.47. The van der Waals surface area contributed by atoms with Crippen molar-refractivity contribution in [2.24, 2.45) is 5.41 Å². The van der Waals surface area contributed by atoms with E-state index in [0.29, 0.717) is 26.3 Å². The van der Waals surface area contributed by atoms with Gasteiger partial charge in [-0.1, -0.05) is 26.0 Å². The molecule has 0 amide bonds. The van der Waals surface area contributed by atoms with Gasteiger partial charge in [0.05, 0.1) is 41.4 Å². The van der Waals surface area contributed by atoms with Gasteiger partial charge >= 0.3 is 0 Å². The minimum absolute atomic E-state index is 0.115. The smallest absolute Gasteiger partial charge is 0.215 e. The lowest BCUT2D eigenvalue weighted by atomic mass is 9.70. The maximum Gasteiger partial charge on any atom is 0.215 e. The monoisotopic (exact) mass is 387 g/mol. The maximum absolute atomic E-state index is 13.3. The van der Waals surface area contributed by atoms with Crippen LogP contribution in [-0.4, -0.2) is 54.7 Å². The summed E-state index contributed by atoms with van der Waals surface area (Å²) >= 11 is 0. The number of morpholine rings is 1. The Morgan fingerprint density at radius 1 is 1.15 bits per heavy atom. The number of rotatable bonds is 3. The Hall–Kier alpha value is -1.57. The van der Waals surface area contributed by atoms with Crippen LogP contribution in [0, 0.1) is 5.41 Å². The van der Waals surface area contributed by atoms with Gasteiger partial charge in [-0.3, -0.25) is 0 Å². The van der Waals surface area contributed by atoms with Crippen molar-refractivity contribution in [3.8, 4) is 0 Å². The largest absolute Gasteiger partial charge is 0.379 e. The van der Waals surface area contributed by atoms with E-state index in [-0.39, 0.29) is 17.1 Å². The van der Waals surface area contributed by atoms with Crippen molar-refractivity contribution in [2.45, 2.75) is 38.0 Å². The van der Waals surface area contributed by atoms with Crippen LogP contribution in [0.2, 0.25) is 0 Å². The second-order valence-electron chi connectivity index (χ2n) is 8.61. The molecule has 1 aromatic heterocycles. The highest BCUT2D eigenvalue weighted by Crippen LogP contribution is 2.67. The molecule has 2 aliphatic carbocycles. The van der Waals surface area contributed by atoms with E-state index in [0.717, 1.165) is 35.3 Å². The highest BCUT2D eigenvalue weighted by molar-refractivity contribution is 7.89. The van der Waals surface area contributed by atoms with Gasteiger partial charge in [-0.15, -0.1) is 0 Å². The summed E-state index contributed by atoms with van der Waals surface area (Å²) in [4.78, 5) is 9.90. The number of hydrogen-bond acceptors (Lipinski definition) is 5. The molecule has 2 bridgehead atoms. The molecular weight excluding hydrogens is 362 g/mol. The fourth-order valence-corrected chi connectivity index (χ4v) is 7.64. The molecule has 2 aromatic rings. The van der Waals surface area contributed by atoms with Gasteiger partial charge in [0.1, 0.15) is 0 Å². The van der Waals surface area contributed by atoms with Crippen LogP contribution in [0.1, 0.15) is 44.0 Å². The zero-order chi connectivity index (χ0) is 18.9. The molecule has 144 valence electrons. The Bertz CT molecular complexity index is 1010. The average Bonchev–Trinajstić information content (AvgIpc) is 3.00. The van der Waals surface area contributed by atoms with Gasteiger partial charge in [0.15, 0.2) is 0 Å². The summed E-state index contributed by atoms with van der Waals surface area (Å²) in [5.74, 6) is 0.383. The number of benzene rings is 1. The number of fused-ring (bicyclic) bond motifs is 6. The van der Waals surface area contributed by atoms with Crippen molar-refractivity contribution in [1.82, 2.24) is 14.3 Å². The summed E-state index contributed by atoms with van der Waals surface area (Å²) < 4.78 is 33.6. The molecule has 0 spiro atoms. The summed E-state index contributed by atoms with van der Waals surface area (Å²) in [5.41, 5.74) is 3.03. The topological polar surface area (TPSA) is 72.4 Å². The van der Waals surface area contributed by atoms with Crippen LogP contribution in [0.5, 0.6) is 0 Å². The first-order valence-electron chi connectivity index (χ1n) is 9.68. The highest BCUT2D eigenvalue weighted by atomic mass is 32.2. The van der Waals surface area contributed by atoms with E-state index < -0.39 is 15.4 Å². The standard InChI is InChI=1S/C20H25N3O3S/c1-19(2)14-7-8-20(19,13-27(24,25)23-9-11-26-12-10-23)18-17(14)21-15-5-3-4-6-16(15)22-18/h3-6,14H,7-13H2,1-2H3/t14-,20+/m0/s1. The summed E-state index contributed by atoms with van der Waals surface area (Å²) in [6, 6.07) is 7.88. The third-order valence-electron chi connectivity index (χ3n) is 7.14. The molecule has 7 heteroatoms. The Labute approximate surface area is 160 Å². The minimum Gasteiger partial charge on any atom is -0.379 e. The lowest BCUT2D eigenvalue weighted by molar-refractivity contribution is 0.0724. The molecule has 6 nitrogen and oxygen atoms in total. The predicted octanol–water partition coefficient (Wildman–Crippen LogP) is 2.45. The van der Waals surface area contributed by atoms with Crippen LogP contribution in [0.25, 0.3) is 11.0 Å². The third-order valence-corrected chi connectivity index (χ3v) is 9.15. The first-order chi connectivity index (χ1) is 12.9. The molecule has 3 aliphatic rings. The van der Waals surface area contributed by atoms with Gasteiger partial charge in [0, 0.05) is 24.4 Å². The van der Waals surface area contributed by atoms with E-state index >= 15 is 0 Å². The second kappa shape index (κ2) is 5.72. The molecular formula is C20H25N3O3S. The van der Waals surface area contributed by atoms with Crippen molar-refractivity contribution in [2.75, 3.05) is 32.1 Å². The molecule has 2 fully saturated rings. The molecule has 0 unspecified atom stereocenters. The Morgan fingerprint density at radius 3 is 2.52 bits per heavy atom. The molecule has 0 N–H and O–H groups in total. The molecule has 0 radical (unpaired) electrons. The Morgan fingerprint density at radius 2 is 1.81 bits per heavy atom. The molecule has 27 heavy (non-hydrogen) atoms. The van der Waals surface area contributed by atoms with Gasteiger partial charge in [-0.05, 0) is 30.4 Å². The Balaban J connectivity index is 1.64.